The Morgan fingerprint density at radius 2 is 2.00 bits per heavy atom. The minimum Gasteiger partial charge on any atom is -0.311 e. The van der Waals surface area contributed by atoms with E-state index >= 15 is 0 Å². The molecule has 1 atom stereocenters. The third-order valence-electron chi connectivity index (χ3n) is 3.10. The van der Waals surface area contributed by atoms with Gasteiger partial charge in [0.15, 0.2) is 0 Å². The van der Waals surface area contributed by atoms with Crippen LogP contribution < -0.4 is 5.32 Å². The second kappa shape index (κ2) is 6.37. The SMILES string of the molecule is Cc1ccccc1C(C)CNCc1ccc(Cl)s1. The van der Waals surface area contributed by atoms with Crippen molar-refractivity contribution in [3.63, 3.8) is 0 Å². The lowest BCUT2D eigenvalue weighted by Crippen LogP contribution is -2.19. The van der Waals surface area contributed by atoms with Gasteiger partial charge in [-0.1, -0.05) is 42.8 Å². The molecule has 18 heavy (non-hydrogen) atoms. The second-order valence-electron chi connectivity index (χ2n) is 4.59. The molecule has 0 amide bonds. The molecule has 3 heteroatoms. The quantitative estimate of drug-likeness (QED) is 0.843. The first-order valence-corrected chi connectivity index (χ1v) is 7.36. The summed E-state index contributed by atoms with van der Waals surface area (Å²) < 4.78 is 0.860. The number of thiophene rings is 1. The predicted octanol–water partition coefficient (Wildman–Crippen LogP) is 4.60. The molecular formula is C15H18ClNS. The molecule has 1 aromatic heterocycles. The van der Waals surface area contributed by atoms with Crippen molar-refractivity contribution >= 4 is 22.9 Å². The number of hydrogen-bond acceptors (Lipinski definition) is 2. The molecule has 1 unspecified atom stereocenters. The number of hydrogen-bond donors (Lipinski definition) is 1. The zero-order valence-corrected chi connectivity index (χ0v) is 12.3. The van der Waals surface area contributed by atoms with Crippen LogP contribution in [0.5, 0.6) is 0 Å². The van der Waals surface area contributed by atoms with Gasteiger partial charge >= 0.3 is 0 Å². The van der Waals surface area contributed by atoms with Crippen molar-refractivity contribution in [2.45, 2.75) is 26.3 Å². The summed E-state index contributed by atoms with van der Waals surface area (Å²) in [6.07, 6.45) is 0. The van der Waals surface area contributed by atoms with Crippen LogP contribution >= 0.6 is 22.9 Å². The topological polar surface area (TPSA) is 12.0 Å². The molecule has 0 spiro atoms. The van der Waals surface area contributed by atoms with Crippen LogP contribution in [0.1, 0.15) is 28.8 Å². The maximum atomic E-state index is 5.91. The molecule has 0 aliphatic carbocycles. The summed E-state index contributed by atoms with van der Waals surface area (Å²) in [5.74, 6) is 0.529. The summed E-state index contributed by atoms with van der Waals surface area (Å²) in [7, 11) is 0. The van der Waals surface area contributed by atoms with E-state index in [1.165, 1.54) is 16.0 Å². The Hall–Kier alpha value is -0.830. The first kappa shape index (κ1) is 13.6. The van der Waals surface area contributed by atoms with Gasteiger partial charge in [-0.2, -0.15) is 0 Å². The van der Waals surface area contributed by atoms with Gasteiger partial charge in [0, 0.05) is 18.0 Å². The van der Waals surface area contributed by atoms with Crippen LogP contribution in [-0.2, 0) is 6.54 Å². The molecule has 0 aliphatic rings. The van der Waals surface area contributed by atoms with E-state index in [1.807, 2.05) is 6.07 Å². The number of rotatable bonds is 5. The lowest BCUT2D eigenvalue weighted by molar-refractivity contribution is 0.617. The van der Waals surface area contributed by atoms with E-state index < -0.39 is 0 Å². The van der Waals surface area contributed by atoms with Crippen molar-refractivity contribution in [2.75, 3.05) is 6.54 Å². The van der Waals surface area contributed by atoms with Gasteiger partial charge < -0.3 is 5.32 Å². The van der Waals surface area contributed by atoms with Gasteiger partial charge in [0.2, 0.25) is 0 Å². The normalized spacial score (nSPS) is 12.6. The van der Waals surface area contributed by atoms with Crippen molar-refractivity contribution in [3.05, 3.63) is 56.7 Å². The van der Waals surface area contributed by atoms with Crippen molar-refractivity contribution in [3.8, 4) is 0 Å². The molecule has 96 valence electrons. The zero-order chi connectivity index (χ0) is 13.0. The van der Waals surface area contributed by atoms with Gasteiger partial charge in [0.1, 0.15) is 0 Å². The zero-order valence-electron chi connectivity index (χ0n) is 10.7. The largest absolute Gasteiger partial charge is 0.311 e. The highest BCUT2D eigenvalue weighted by Crippen LogP contribution is 2.22. The minimum absolute atomic E-state index is 0.529. The monoisotopic (exact) mass is 279 g/mol. The lowest BCUT2D eigenvalue weighted by Gasteiger charge is -2.15. The predicted molar refractivity (Wildman–Crippen MR) is 80.6 cm³/mol. The smallest absolute Gasteiger partial charge is 0.0931 e. The van der Waals surface area contributed by atoms with Gasteiger partial charge in [0.05, 0.1) is 4.34 Å². The van der Waals surface area contributed by atoms with Crippen molar-refractivity contribution in [2.24, 2.45) is 0 Å². The summed E-state index contributed by atoms with van der Waals surface area (Å²) in [4.78, 5) is 1.29. The number of nitrogens with one attached hydrogen (secondary N) is 1. The van der Waals surface area contributed by atoms with Crippen LogP contribution in [0.25, 0.3) is 0 Å². The highest BCUT2D eigenvalue weighted by Gasteiger charge is 2.07. The van der Waals surface area contributed by atoms with Gasteiger partial charge in [-0.3, -0.25) is 0 Å². The van der Waals surface area contributed by atoms with E-state index in [2.05, 4.69) is 49.5 Å². The lowest BCUT2D eigenvalue weighted by atomic mass is 9.96. The van der Waals surface area contributed by atoms with Crippen LogP contribution in [0.2, 0.25) is 4.34 Å². The van der Waals surface area contributed by atoms with E-state index in [1.54, 1.807) is 11.3 Å². The van der Waals surface area contributed by atoms with Crippen LogP contribution in [0.15, 0.2) is 36.4 Å². The molecule has 0 saturated carbocycles. The molecule has 0 bridgehead atoms. The third kappa shape index (κ3) is 3.58. The fourth-order valence-corrected chi connectivity index (χ4v) is 3.17. The summed E-state index contributed by atoms with van der Waals surface area (Å²) >= 11 is 7.55. The van der Waals surface area contributed by atoms with Crippen molar-refractivity contribution in [1.82, 2.24) is 5.32 Å². The van der Waals surface area contributed by atoms with E-state index in [4.69, 9.17) is 11.6 Å². The fourth-order valence-electron chi connectivity index (χ4n) is 2.11. The number of aryl methyl sites for hydroxylation is 1. The van der Waals surface area contributed by atoms with E-state index in [-0.39, 0.29) is 0 Å². The summed E-state index contributed by atoms with van der Waals surface area (Å²) in [5, 5.41) is 3.49. The van der Waals surface area contributed by atoms with Crippen LogP contribution in [0.4, 0.5) is 0 Å². The van der Waals surface area contributed by atoms with Crippen molar-refractivity contribution < 1.29 is 0 Å². The Bertz CT molecular complexity index is 507. The maximum absolute atomic E-state index is 5.91. The molecule has 0 radical (unpaired) electrons. The van der Waals surface area contributed by atoms with Gasteiger partial charge in [-0.25, -0.2) is 0 Å². The number of benzene rings is 1. The van der Waals surface area contributed by atoms with Crippen molar-refractivity contribution in [1.29, 1.82) is 0 Å². The average molecular weight is 280 g/mol. The van der Waals surface area contributed by atoms with E-state index in [0.717, 1.165) is 17.4 Å². The Kier molecular flexibility index (Phi) is 4.81. The Morgan fingerprint density at radius 1 is 1.22 bits per heavy atom. The van der Waals surface area contributed by atoms with Gasteiger partial charge in [0.25, 0.3) is 0 Å². The maximum Gasteiger partial charge on any atom is 0.0931 e. The fraction of sp³-hybridized carbons (Fsp3) is 0.333. The third-order valence-corrected chi connectivity index (χ3v) is 4.33. The molecule has 1 aromatic carbocycles. The number of halogens is 1. The average Bonchev–Trinajstić information content (AvgIpc) is 2.75. The molecule has 0 aliphatic heterocycles. The Labute approximate surface area is 118 Å². The molecule has 1 heterocycles. The van der Waals surface area contributed by atoms with Gasteiger partial charge in [-0.05, 0) is 36.1 Å². The van der Waals surface area contributed by atoms with E-state index in [0.29, 0.717) is 5.92 Å². The molecule has 2 rings (SSSR count). The Balaban J connectivity index is 1.85. The molecule has 1 N–H and O–H groups in total. The molecule has 1 nitrogen and oxygen atoms in total. The highest BCUT2D eigenvalue weighted by molar-refractivity contribution is 7.16. The highest BCUT2D eigenvalue weighted by atomic mass is 35.5. The van der Waals surface area contributed by atoms with Gasteiger partial charge in [-0.15, -0.1) is 11.3 Å². The van der Waals surface area contributed by atoms with E-state index in [9.17, 15) is 0 Å². The summed E-state index contributed by atoms with van der Waals surface area (Å²) in [6, 6.07) is 12.6. The summed E-state index contributed by atoms with van der Waals surface area (Å²) in [5.41, 5.74) is 2.79. The molecule has 2 aromatic rings. The first-order chi connectivity index (χ1) is 8.66. The standard InChI is InChI=1S/C15H18ClNS/c1-11-5-3-4-6-14(11)12(2)9-17-10-13-7-8-15(16)18-13/h3-8,12,17H,9-10H2,1-2H3. The Morgan fingerprint density at radius 3 is 2.67 bits per heavy atom. The molecule has 0 fully saturated rings. The second-order valence-corrected chi connectivity index (χ2v) is 6.39. The molecular weight excluding hydrogens is 262 g/mol. The summed E-state index contributed by atoms with van der Waals surface area (Å²) in [6.45, 7) is 6.32. The van der Waals surface area contributed by atoms with Crippen LogP contribution in [0, 0.1) is 6.92 Å². The first-order valence-electron chi connectivity index (χ1n) is 6.17. The molecule has 0 saturated heterocycles. The van der Waals surface area contributed by atoms with Crippen LogP contribution in [0.3, 0.4) is 0 Å². The van der Waals surface area contributed by atoms with Crippen LogP contribution in [-0.4, -0.2) is 6.54 Å². The minimum atomic E-state index is 0.529.